The molecular formula is C20H17N5O2. The van der Waals surface area contributed by atoms with Gasteiger partial charge in [0, 0.05) is 29.9 Å². The van der Waals surface area contributed by atoms with Crippen molar-refractivity contribution < 1.29 is 9.59 Å². The highest BCUT2D eigenvalue weighted by Crippen LogP contribution is 2.19. The van der Waals surface area contributed by atoms with Crippen LogP contribution < -0.4 is 15.5 Å². The first-order chi connectivity index (χ1) is 13.2. The smallest absolute Gasteiger partial charge is 0.321 e. The molecule has 134 valence electrons. The normalized spacial score (nSPS) is 13.3. The van der Waals surface area contributed by atoms with Crippen LogP contribution in [-0.2, 0) is 0 Å². The minimum atomic E-state index is -0.261. The minimum Gasteiger partial charge on any atom is -0.336 e. The number of benzene rings is 2. The van der Waals surface area contributed by atoms with E-state index in [0.29, 0.717) is 30.2 Å². The molecule has 1 saturated heterocycles. The van der Waals surface area contributed by atoms with Gasteiger partial charge in [-0.1, -0.05) is 30.3 Å². The van der Waals surface area contributed by atoms with Gasteiger partial charge in [-0.15, -0.1) is 0 Å². The Labute approximate surface area is 156 Å². The number of carbonyl (C=O) groups excluding carboxylic acids is 2. The molecular weight excluding hydrogens is 342 g/mol. The fourth-order valence-corrected chi connectivity index (χ4v) is 2.84. The summed E-state index contributed by atoms with van der Waals surface area (Å²) in [5.74, 6) is 0.338. The topological polar surface area (TPSA) is 87.2 Å². The van der Waals surface area contributed by atoms with Gasteiger partial charge in [-0.3, -0.25) is 9.69 Å². The third-order valence-corrected chi connectivity index (χ3v) is 4.24. The summed E-state index contributed by atoms with van der Waals surface area (Å²) in [5.41, 5.74) is 2.68. The summed E-state index contributed by atoms with van der Waals surface area (Å²) in [5, 5.41) is 5.53. The average molecular weight is 359 g/mol. The van der Waals surface area contributed by atoms with E-state index in [0.717, 1.165) is 11.3 Å². The zero-order valence-electron chi connectivity index (χ0n) is 14.4. The highest BCUT2D eigenvalue weighted by Gasteiger charge is 2.21. The van der Waals surface area contributed by atoms with E-state index in [1.54, 1.807) is 41.6 Å². The molecule has 0 radical (unpaired) electrons. The minimum absolute atomic E-state index is 0.122. The van der Waals surface area contributed by atoms with Gasteiger partial charge in [0.1, 0.15) is 0 Å². The molecule has 0 unspecified atom stereocenters. The number of anilines is 2. The van der Waals surface area contributed by atoms with Crippen molar-refractivity contribution in [3.63, 3.8) is 0 Å². The number of amides is 3. The van der Waals surface area contributed by atoms with Gasteiger partial charge in [-0.25, -0.2) is 14.8 Å². The Morgan fingerprint density at radius 1 is 1.00 bits per heavy atom. The number of nitrogens with one attached hydrogen (secondary N) is 2. The quantitative estimate of drug-likeness (QED) is 0.750. The second-order valence-corrected chi connectivity index (χ2v) is 6.05. The van der Waals surface area contributed by atoms with Crippen LogP contribution in [0.3, 0.4) is 0 Å². The largest absolute Gasteiger partial charge is 0.336 e. The van der Waals surface area contributed by atoms with E-state index in [-0.39, 0.29) is 11.9 Å². The second-order valence-electron chi connectivity index (χ2n) is 6.05. The summed E-state index contributed by atoms with van der Waals surface area (Å²) >= 11 is 0. The van der Waals surface area contributed by atoms with Gasteiger partial charge in [0.25, 0.3) is 5.91 Å². The molecule has 4 rings (SSSR count). The molecule has 3 aromatic rings. The highest BCUT2D eigenvalue weighted by molar-refractivity contribution is 6.04. The van der Waals surface area contributed by atoms with Crippen LogP contribution in [0.25, 0.3) is 11.4 Å². The van der Waals surface area contributed by atoms with Crippen LogP contribution in [0.15, 0.2) is 67.0 Å². The number of hydrogen-bond donors (Lipinski definition) is 2. The molecule has 2 N–H and O–H groups in total. The summed E-state index contributed by atoms with van der Waals surface area (Å²) in [7, 11) is 0. The van der Waals surface area contributed by atoms with Crippen molar-refractivity contribution in [3.05, 3.63) is 72.6 Å². The third kappa shape index (κ3) is 3.62. The van der Waals surface area contributed by atoms with E-state index in [4.69, 9.17) is 0 Å². The lowest BCUT2D eigenvalue weighted by Crippen LogP contribution is -2.27. The van der Waals surface area contributed by atoms with Gasteiger partial charge in [0.05, 0.1) is 18.1 Å². The number of nitrogens with zero attached hydrogens (tertiary/aromatic N) is 3. The Bertz CT molecular complexity index is 956. The van der Waals surface area contributed by atoms with Gasteiger partial charge in [-0.05, 0) is 24.3 Å². The summed E-state index contributed by atoms with van der Waals surface area (Å²) in [6.07, 6.45) is 3.16. The van der Waals surface area contributed by atoms with Gasteiger partial charge >= 0.3 is 6.03 Å². The molecule has 1 aliphatic rings. The van der Waals surface area contributed by atoms with Gasteiger partial charge in [-0.2, -0.15) is 0 Å². The van der Waals surface area contributed by atoms with Crippen LogP contribution in [0.2, 0.25) is 0 Å². The van der Waals surface area contributed by atoms with Gasteiger partial charge < -0.3 is 10.6 Å². The summed E-state index contributed by atoms with van der Waals surface area (Å²) in [6.45, 7) is 1.25. The van der Waals surface area contributed by atoms with E-state index in [9.17, 15) is 9.59 Å². The molecule has 7 heteroatoms. The van der Waals surface area contributed by atoms with Crippen molar-refractivity contribution in [2.24, 2.45) is 0 Å². The number of carbonyl (C=O) groups is 2. The number of rotatable bonds is 4. The predicted molar refractivity (Wildman–Crippen MR) is 103 cm³/mol. The van der Waals surface area contributed by atoms with E-state index in [1.807, 2.05) is 30.3 Å². The Morgan fingerprint density at radius 2 is 1.70 bits per heavy atom. The monoisotopic (exact) mass is 359 g/mol. The fourth-order valence-electron chi connectivity index (χ4n) is 2.84. The molecule has 0 atom stereocenters. The summed E-state index contributed by atoms with van der Waals surface area (Å²) < 4.78 is 0. The number of urea groups is 1. The van der Waals surface area contributed by atoms with E-state index < -0.39 is 0 Å². The molecule has 0 spiro atoms. The predicted octanol–water partition coefficient (Wildman–Crippen LogP) is 2.93. The first-order valence-corrected chi connectivity index (χ1v) is 8.55. The van der Waals surface area contributed by atoms with Crippen molar-refractivity contribution in [2.45, 2.75) is 0 Å². The van der Waals surface area contributed by atoms with Gasteiger partial charge in [0.15, 0.2) is 5.82 Å². The Kier molecular flexibility index (Phi) is 4.49. The lowest BCUT2D eigenvalue weighted by Gasteiger charge is -2.14. The van der Waals surface area contributed by atoms with Crippen LogP contribution in [0.5, 0.6) is 0 Å². The Morgan fingerprint density at radius 3 is 2.33 bits per heavy atom. The van der Waals surface area contributed by atoms with Crippen molar-refractivity contribution >= 4 is 23.3 Å². The molecule has 27 heavy (non-hydrogen) atoms. The third-order valence-electron chi connectivity index (χ3n) is 4.24. The Hall–Kier alpha value is -3.74. The van der Waals surface area contributed by atoms with Crippen LogP contribution >= 0.6 is 0 Å². The van der Waals surface area contributed by atoms with Crippen LogP contribution in [0, 0.1) is 0 Å². The molecule has 7 nitrogen and oxygen atoms in total. The molecule has 2 heterocycles. The van der Waals surface area contributed by atoms with E-state index in [1.165, 1.54) is 0 Å². The molecule has 0 aliphatic carbocycles. The maximum absolute atomic E-state index is 12.4. The first-order valence-electron chi connectivity index (χ1n) is 8.55. The fraction of sp³-hybridized carbons (Fsp3) is 0.100. The lowest BCUT2D eigenvalue weighted by atomic mass is 10.2. The molecule has 0 bridgehead atoms. The zero-order chi connectivity index (χ0) is 18.6. The molecule has 1 aliphatic heterocycles. The second kappa shape index (κ2) is 7.25. The SMILES string of the molecule is O=C(Nc1cnc(-c2ccccc2)nc1)c1ccc(N2CCNC2=O)cc1. The van der Waals surface area contributed by atoms with Gasteiger partial charge in [0.2, 0.25) is 0 Å². The number of aromatic nitrogens is 2. The van der Waals surface area contributed by atoms with Crippen LogP contribution in [0.4, 0.5) is 16.2 Å². The summed E-state index contributed by atoms with van der Waals surface area (Å²) in [6, 6.07) is 16.4. The van der Waals surface area contributed by atoms with Crippen molar-refractivity contribution in [1.82, 2.24) is 15.3 Å². The first kappa shape index (κ1) is 16.7. The average Bonchev–Trinajstić information content (AvgIpc) is 3.15. The van der Waals surface area contributed by atoms with Crippen molar-refractivity contribution in [1.29, 1.82) is 0 Å². The molecule has 2 aromatic carbocycles. The Balaban J connectivity index is 1.43. The van der Waals surface area contributed by atoms with E-state index >= 15 is 0 Å². The van der Waals surface area contributed by atoms with Crippen LogP contribution in [-0.4, -0.2) is 35.0 Å². The molecule has 1 aromatic heterocycles. The van der Waals surface area contributed by atoms with Crippen LogP contribution in [0.1, 0.15) is 10.4 Å². The van der Waals surface area contributed by atoms with E-state index in [2.05, 4.69) is 20.6 Å². The lowest BCUT2D eigenvalue weighted by molar-refractivity contribution is 0.102. The standard InChI is InChI=1S/C20H17N5O2/c26-19(15-6-8-17(9-7-15)25-11-10-21-20(25)27)24-16-12-22-18(23-13-16)14-4-2-1-3-5-14/h1-9,12-13H,10-11H2,(H,21,27)(H,24,26). The molecule has 0 saturated carbocycles. The highest BCUT2D eigenvalue weighted by atomic mass is 16.2. The van der Waals surface area contributed by atoms with Crippen molar-refractivity contribution in [2.75, 3.05) is 23.3 Å². The summed E-state index contributed by atoms with van der Waals surface area (Å²) in [4.78, 5) is 34.3. The molecule has 1 fully saturated rings. The maximum Gasteiger partial charge on any atom is 0.321 e. The molecule has 3 amide bonds. The zero-order valence-corrected chi connectivity index (χ0v) is 14.4. The van der Waals surface area contributed by atoms with Crippen molar-refractivity contribution in [3.8, 4) is 11.4 Å². The maximum atomic E-state index is 12.4. The number of hydrogen-bond acceptors (Lipinski definition) is 4.